The molecule has 0 fully saturated rings. The summed E-state index contributed by atoms with van der Waals surface area (Å²) in [6.45, 7) is 7.66. The van der Waals surface area contributed by atoms with Gasteiger partial charge in [-0.1, -0.05) is 0 Å². The average molecular weight is 998 g/mol. The third kappa shape index (κ3) is 35.5. The lowest BCUT2D eigenvalue weighted by Crippen LogP contribution is -2.53. The van der Waals surface area contributed by atoms with E-state index >= 15 is 0 Å². The topological polar surface area (TPSA) is 384 Å². The van der Waals surface area contributed by atoms with E-state index in [9.17, 15) is 60.3 Å². The van der Waals surface area contributed by atoms with Crippen LogP contribution in [0, 0.1) is 0 Å². The van der Waals surface area contributed by atoms with Gasteiger partial charge in [0.25, 0.3) is 0 Å². The lowest BCUT2D eigenvalue weighted by Gasteiger charge is -2.33. The van der Waals surface area contributed by atoms with E-state index < -0.39 is 98.8 Å². The molecule has 9 atom stereocenters. The summed E-state index contributed by atoms with van der Waals surface area (Å²) in [7, 11) is 0. The van der Waals surface area contributed by atoms with Gasteiger partial charge in [-0.3, -0.25) is 9.69 Å². The third-order valence-electron chi connectivity index (χ3n) is 9.40. The maximum atomic E-state index is 12.0. The van der Waals surface area contributed by atoms with Crippen LogP contribution in [0.25, 0.3) is 0 Å². The Hall–Kier alpha value is -2.55. The van der Waals surface area contributed by atoms with Crippen LogP contribution in [0.3, 0.4) is 0 Å². The molecule has 2 amide bonds. The number of carbonyl (C=O) groups excluding carboxylic acids is 2. The van der Waals surface area contributed by atoms with Gasteiger partial charge in [0.2, 0.25) is 5.91 Å². The molecule has 0 aromatic heterocycles. The van der Waals surface area contributed by atoms with Crippen molar-refractivity contribution in [3.05, 3.63) is 0 Å². The van der Waals surface area contributed by atoms with Crippen LogP contribution >= 0.6 is 0 Å². The van der Waals surface area contributed by atoms with Crippen LogP contribution in [0.5, 0.6) is 0 Å². The van der Waals surface area contributed by atoms with Crippen molar-refractivity contribution in [2.45, 2.75) is 107 Å². The Kier molecular flexibility index (Phi) is 39.6. The van der Waals surface area contributed by atoms with Gasteiger partial charge in [-0.15, -0.1) is 0 Å². The monoisotopic (exact) mass is 998 g/mol. The Labute approximate surface area is 398 Å². The quantitative estimate of drug-likeness (QED) is 0.0254. The van der Waals surface area contributed by atoms with E-state index in [4.69, 9.17) is 52.8 Å². The van der Waals surface area contributed by atoms with Crippen LogP contribution in [0.15, 0.2) is 0 Å². The van der Waals surface area contributed by atoms with Crippen molar-refractivity contribution in [3.8, 4) is 0 Å². The number of hydrogen-bond acceptors (Lipinski definition) is 23. The maximum Gasteiger partial charge on any atom is 0.408 e. The summed E-state index contributed by atoms with van der Waals surface area (Å²) in [6.07, 6.45) is -13.8. The number of carboxylic acids is 1. The summed E-state index contributed by atoms with van der Waals surface area (Å²) in [5.41, 5.74) is -0.740. The summed E-state index contributed by atoms with van der Waals surface area (Å²) >= 11 is 0. The van der Waals surface area contributed by atoms with Gasteiger partial charge < -0.3 is 109 Å². The molecule has 13 N–H and O–H groups in total. The molecular formula is C42H83N3O23. The fraction of sp³-hybridized carbons (Fsp3) is 0.929. The Balaban J connectivity index is 3.81. The van der Waals surface area contributed by atoms with Crippen molar-refractivity contribution >= 4 is 18.0 Å². The van der Waals surface area contributed by atoms with Crippen molar-refractivity contribution in [2.75, 3.05) is 145 Å². The highest BCUT2D eigenvalue weighted by atomic mass is 16.6. The average Bonchev–Trinajstić information content (AvgIpc) is 3.29. The van der Waals surface area contributed by atoms with Gasteiger partial charge in [-0.2, -0.15) is 0 Å². The molecule has 0 heterocycles. The number of ether oxygens (including phenoxy) is 9. The molecule has 0 saturated heterocycles. The first kappa shape index (κ1) is 65.5. The molecule has 0 aliphatic rings. The molecule has 68 heavy (non-hydrogen) atoms. The number of alkyl carbamates (subject to hydrolysis) is 1. The number of carbonyl (C=O) groups is 3. The smallest absolute Gasteiger partial charge is 0.408 e. The number of unbranched alkanes of at least 4 members (excludes halogenated alkanes) is 1. The second kappa shape index (κ2) is 41.1. The van der Waals surface area contributed by atoms with E-state index in [-0.39, 0.29) is 58.3 Å². The Bertz CT molecular complexity index is 1210. The Morgan fingerprint density at radius 3 is 1.22 bits per heavy atom. The molecule has 0 radical (unpaired) electrons. The zero-order valence-electron chi connectivity index (χ0n) is 39.8. The summed E-state index contributed by atoms with van der Waals surface area (Å²) in [5.74, 6) is -1.35. The highest BCUT2D eigenvalue weighted by molar-refractivity contribution is 5.80. The van der Waals surface area contributed by atoms with Crippen molar-refractivity contribution in [1.82, 2.24) is 15.5 Å². The van der Waals surface area contributed by atoms with Gasteiger partial charge in [0.1, 0.15) is 48.3 Å². The second-order valence-corrected chi connectivity index (χ2v) is 16.4. The highest BCUT2D eigenvalue weighted by Crippen LogP contribution is 2.12. The molecular weight excluding hydrogens is 914 g/mol. The van der Waals surface area contributed by atoms with E-state index in [1.54, 1.807) is 20.8 Å². The first-order valence-corrected chi connectivity index (χ1v) is 22.8. The number of carboxylic acid groups (broad SMARTS) is 1. The maximum absolute atomic E-state index is 12.0. The zero-order valence-corrected chi connectivity index (χ0v) is 39.8. The molecule has 404 valence electrons. The van der Waals surface area contributed by atoms with E-state index in [1.165, 1.54) is 4.90 Å². The standard InChI is InChI=1S/C42H83N3O23/c1-42(2,3)68-41(59)44-30(40(57)58)6-4-5-8-43-35(52)7-10-60-12-14-62-16-18-64-20-22-66-24-25-67-23-21-65-19-17-63-15-13-61-11-9-45(26-31(48)36(53)38(55)33(50)28-46)27-32(49)37(54)39(56)34(51)29-47/h30-34,36-39,46-51,53-56H,4-29H2,1-3H3,(H,43,52)(H,44,59)(H,57,58)/t30-,31-,32-,33+,34+,36+,37+,38+,39+/m0/s1. The van der Waals surface area contributed by atoms with Crippen LogP contribution in [0.1, 0.15) is 46.5 Å². The number of aliphatic carboxylic acids is 1. The van der Waals surface area contributed by atoms with Gasteiger partial charge in [0.15, 0.2) is 0 Å². The fourth-order valence-corrected chi connectivity index (χ4v) is 5.63. The predicted octanol–water partition coefficient (Wildman–Crippen LogP) is -5.05. The molecule has 0 bridgehead atoms. The van der Waals surface area contributed by atoms with E-state index in [2.05, 4.69) is 10.6 Å². The zero-order chi connectivity index (χ0) is 51.2. The first-order chi connectivity index (χ1) is 32.3. The summed E-state index contributed by atoms with van der Waals surface area (Å²) in [4.78, 5) is 36.6. The largest absolute Gasteiger partial charge is 0.480 e. The van der Waals surface area contributed by atoms with Crippen molar-refractivity contribution < 1.29 is 113 Å². The van der Waals surface area contributed by atoms with Crippen LogP contribution in [-0.4, -0.2) is 285 Å². The van der Waals surface area contributed by atoms with Gasteiger partial charge >= 0.3 is 12.1 Å². The molecule has 0 aliphatic carbocycles. The molecule has 26 nitrogen and oxygen atoms in total. The lowest BCUT2D eigenvalue weighted by atomic mass is 10.0. The molecule has 0 aromatic carbocycles. The van der Waals surface area contributed by atoms with E-state index in [1.807, 2.05) is 0 Å². The van der Waals surface area contributed by atoms with Gasteiger partial charge in [-0.05, 0) is 40.0 Å². The fourth-order valence-electron chi connectivity index (χ4n) is 5.63. The minimum absolute atomic E-state index is 0.0161. The number of nitrogens with one attached hydrogen (secondary N) is 2. The van der Waals surface area contributed by atoms with E-state index in [0.29, 0.717) is 92.1 Å². The molecule has 0 spiro atoms. The molecule has 26 heteroatoms. The minimum atomic E-state index is -1.89. The van der Waals surface area contributed by atoms with Crippen molar-refractivity contribution in [3.63, 3.8) is 0 Å². The molecule has 0 aromatic rings. The van der Waals surface area contributed by atoms with Crippen molar-refractivity contribution in [2.24, 2.45) is 0 Å². The van der Waals surface area contributed by atoms with Crippen LogP contribution in [0.4, 0.5) is 4.79 Å². The number of aliphatic hydroxyl groups excluding tert-OH is 10. The van der Waals surface area contributed by atoms with Crippen molar-refractivity contribution in [1.29, 1.82) is 0 Å². The summed E-state index contributed by atoms with van der Waals surface area (Å²) in [5, 5.41) is 113. The Morgan fingerprint density at radius 2 is 0.868 bits per heavy atom. The second-order valence-electron chi connectivity index (χ2n) is 16.4. The molecule has 0 saturated carbocycles. The number of rotatable bonds is 46. The number of hydrogen-bond donors (Lipinski definition) is 13. The SMILES string of the molecule is CC(C)(C)OC(=O)N[C@@H](CCCCNC(=O)CCOCCOCCOCCOCCOCCOCCOCCOCCN(C[C@H](O)[C@@H](O)[C@H](O)[C@H](O)CO)C[C@H](O)[C@@H](O)[C@H](O)[C@H](O)CO)C(=O)O. The third-order valence-corrected chi connectivity index (χ3v) is 9.40. The summed E-state index contributed by atoms with van der Waals surface area (Å²) in [6, 6.07) is -1.08. The van der Waals surface area contributed by atoms with E-state index in [0.717, 1.165) is 0 Å². The van der Waals surface area contributed by atoms with Gasteiger partial charge in [-0.25, -0.2) is 9.59 Å². The van der Waals surface area contributed by atoms with Gasteiger partial charge in [0, 0.05) is 32.6 Å². The molecule has 0 rings (SSSR count). The number of amides is 2. The van der Waals surface area contributed by atoms with Crippen LogP contribution < -0.4 is 10.6 Å². The predicted molar refractivity (Wildman–Crippen MR) is 237 cm³/mol. The molecule has 0 unspecified atom stereocenters. The highest BCUT2D eigenvalue weighted by Gasteiger charge is 2.34. The minimum Gasteiger partial charge on any atom is -0.480 e. The summed E-state index contributed by atoms with van der Waals surface area (Å²) < 4.78 is 48.8. The number of nitrogens with zero attached hydrogens (tertiary/aromatic N) is 1. The Morgan fingerprint density at radius 1 is 0.515 bits per heavy atom. The first-order valence-electron chi connectivity index (χ1n) is 22.8. The number of aliphatic hydroxyl groups is 10. The van der Waals surface area contributed by atoms with Crippen LogP contribution in [-0.2, 0) is 52.2 Å². The van der Waals surface area contributed by atoms with Crippen LogP contribution in [0.2, 0.25) is 0 Å². The molecule has 0 aliphatic heterocycles. The lowest BCUT2D eigenvalue weighted by molar-refractivity contribution is -0.139. The van der Waals surface area contributed by atoms with Gasteiger partial charge in [0.05, 0.1) is 131 Å². The normalized spacial score (nSPS) is 16.1.